The first kappa shape index (κ1) is 20.4. The van der Waals surface area contributed by atoms with Crippen LogP contribution in [0.25, 0.3) is 0 Å². The van der Waals surface area contributed by atoms with Crippen LogP contribution in [0.15, 0.2) is 0 Å². The first-order valence-electron chi connectivity index (χ1n) is 8.79. The summed E-state index contributed by atoms with van der Waals surface area (Å²) in [5, 5.41) is 20.4. The van der Waals surface area contributed by atoms with Crippen molar-refractivity contribution in [1.29, 1.82) is 0 Å². The third-order valence-corrected chi connectivity index (χ3v) is 3.90. The number of carboxylic acids is 1. The summed E-state index contributed by atoms with van der Waals surface area (Å²) in [5.74, 6) is -0.976. The second kappa shape index (κ2) is 15.8. The summed E-state index contributed by atoms with van der Waals surface area (Å²) in [4.78, 5) is 10.7. The van der Waals surface area contributed by atoms with Crippen molar-refractivity contribution >= 4 is 5.97 Å². The molecule has 0 aliphatic carbocycles. The molecule has 0 fully saturated rings. The van der Waals surface area contributed by atoms with Crippen molar-refractivity contribution in [2.24, 2.45) is 0 Å². The van der Waals surface area contributed by atoms with Gasteiger partial charge in [-0.3, -0.25) is 4.79 Å². The van der Waals surface area contributed by atoms with Gasteiger partial charge >= 0.3 is 5.97 Å². The summed E-state index contributed by atoms with van der Waals surface area (Å²) in [7, 11) is 0. The number of carbonyl (C=O) groups is 1. The van der Waals surface area contributed by atoms with Gasteiger partial charge in [-0.05, 0) is 13.0 Å². The lowest BCUT2D eigenvalue weighted by atomic mass is 10.1. The number of nitrogens with one attached hydrogen (secondary N) is 1. The van der Waals surface area contributed by atoms with Gasteiger partial charge < -0.3 is 15.5 Å². The smallest absolute Gasteiger partial charge is 0.323 e. The van der Waals surface area contributed by atoms with E-state index in [0.29, 0.717) is 6.54 Å². The van der Waals surface area contributed by atoms with Crippen LogP contribution in [0.1, 0.15) is 84.0 Å². The van der Waals surface area contributed by atoms with Gasteiger partial charge in [0.2, 0.25) is 0 Å². The molecule has 0 radical (unpaired) electrons. The van der Waals surface area contributed by atoms with Crippen molar-refractivity contribution < 1.29 is 15.0 Å². The van der Waals surface area contributed by atoms with E-state index in [4.69, 9.17) is 10.2 Å². The molecule has 4 nitrogen and oxygen atoms in total. The minimum absolute atomic E-state index is 0.340. The Morgan fingerprint density at radius 3 is 1.67 bits per heavy atom. The number of hydrogen-bond acceptors (Lipinski definition) is 3. The standard InChI is InChI=1S/C17H35NO3/c1-2-3-4-5-6-7-8-9-10-11-12-13-14-18-16(15-19)17(20)21/h16,18-19H,2-15H2,1H3,(H,20,21)/t16-/m0/s1. The number of carboxylic acid groups (broad SMARTS) is 1. The van der Waals surface area contributed by atoms with E-state index in [-0.39, 0.29) is 6.61 Å². The molecule has 0 spiro atoms. The quantitative estimate of drug-likeness (QED) is 0.380. The van der Waals surface area contributed by atoms with Gasteiger partial charge in [-0.1, -0.05) is 77.6 Å². The molecule has 0 bridgehead atoms. The van der Waals surface area contributed by atoms with Gasteiger partial charge in [0.25, 0.3) is 0 Å². The summed E-state index contributed by atoms with van der Waals surface area (Å²) in [6.07, 6.45) is 15.6. The van der Waals surface area contributed by atoms with E-state index in [9.17, 15) is 4.79 Å². The predicted octanol–water partition coefficient (Wildman–Crippen LogP) is 3.72. The van der Waals surface area contributed by atoms with Crippen LogP contribution in [-0.2, 0) is 4.79 Å². The Hall–Kier alpha value is -0.610. The zero-order valence-electron chi connectivity index (χ0n) is 13.8. The van der Waals surface area contributed by atoms with Gasteiger partial charge in [-0.25, -0.2) is 0 Å². The lowest BCUT2D eigenvalue weighted by molar-refractivity contribution is -0.140. The number of unbranched alkanes of at least 4 members (excludes halogenated alkanes) is 11. The van der Waals surface area contributed by atoms with Crippen molar-refractivity contribution in [2.45, 2.75) is 90.0 Å². The third kappa shape index (κ3) is 14.1. The summed E-state index contributed by atoms with van der Waals surface area (Å²) < 4.78 is 0. The topological polar surface area (TPSA) is 69.6 Å². The normalized spacial score (nSPS) is 12.5. The van der Waals surface area contributed by atoms with Crippen molar-refractivity contribution in [1.82, 2.24) is 5.32 Å². The van der Waals surface area contributed by atoms with Crippen LogP contribution in [0.2, 0.25) is 0 Å². The second-order valence-corrected chi connectivity index (χ2v) is 5.92. The number of hydrogen-bond donors (Lipinski definition) is 3. The molecule has 0 aliphatic heterocycles. The van der Waals surface area contributed by atoms with E-state index in [0.717, 1.165) is 12.8 Å². The highest BCUT2D eigenvalue weighted by molar-refractivity contribution is 5.73. The molecule has 0 heterocycles. The Bertz CT molecular complexity index is 234. The Balaban J connectivity index is 3.14. The van der Waals surface area contributed by atoms with Gasteiger partial charge in [0.15, 0.2) is 0 Å². The van der Waals surface area contributed by atoms with Gasteiger partial charge in [-0.15, -0.1) is 0 Å². The molecule has 0 aliphatic rings. The first-order chi connectivity index (χ1) is 10.2. The van der Waals surface area contributed by atoms with Crippen LogP contribution >= 0.6 is 0 Å². The van der Waals surface area contributed by atoms with Crippen LogP contribution in [0.5, 0.6) is 0 Å². The Morgan fingerprint density at radius 2 is 1.29 bits per heavy atom. The molecule has 21 heavy (non-hydrogen) atoms. The predicted molar refractivity (Wildman–Crippen MR) is 87.6 cm³/mol. The maximum atomic E-state index is 10.7. The Morgan fingerprint density at radius 1 is 0.857 bits per heavy atom. The van der Waals surface area contributed by atoms with E-state index in [1.165, 1.54) is 64.2 Å². The lowest BCUT2D eigenvalue weighted by Crippen LogP contribution is -2.40. The summed E-state index contributed by atoms with van der Waals surface area (Å²) >= 11 is 0. The maximum absolute atomic E-state index is 10.7. The van der Waals surface area contributed by atoms with Crippen LogP contribution in [0.4, 0.5) is 0 Å². The molecule has 1 atom stereocenters. The van der Waals surface area contributed by atoms with Crippen LogP contribution in [0, 0.1) is 0 Å². The molecule has 0 aromatic carbocycles. The van der Waals surface area contributed by atoms with E-state index in [2.05, 4.69) is 12.2 Å². The van der Waals surface area contributed by atoms with Gasteiger partial charge in [0, 0.05) is 0 Å². The average molecular weight is 301 g/mol. The molecule has 0 unspecified atom stereocenters. The molecule has 126 valence electrons. The Kier molecular flexibility index (Phi) is 15.3. The summed E-state index contributed by atoms with van der Waals surface area (Å²) in [6.45, 7) is 2.59. The van der Waals surface area contributed by atoms with Crippen molar-refractivity contribution in [3.8, 4) is 0 Å². The molecule has 0 amide bonds. The van der Waals surface area contributed by atoms with E-state index in [1.54, 1.807) is 0 Å². The second-order valence-electron chi connectivity index (χ2n) is 5.92. The number of rotatable bonds is 16. The van der Waals surface area contributed by atoms with Gasteiger partial charge in [-0.2, -0.15) is 0 Å². The third-order valence-electron chi connectivity index (χ3n) is 3.90. The average Bonchev–Trinajstić information content (AvgIpc) is 2.47. The number of aliphatic carboxylic acids is 1. The zero-order chi connectivity index (χ0) is 15.8. The number of aliphatic hydroxyl groups excluding tert-OH is 1. The highest BCUT2D eigenvalue weighted by Crippen LogP contribution is 2.11. The van der Waals surface area contributed by atoms with Crippen LogP contribution in [0.3, 0.4) is 0 Å². The van der Waals surface area contributed by atoms with Crippen molar-refractivity contribution in [3.63, 3.8) is 0 Å². The maximum Gasteiger partial charge on any atom is 0.323 e. The van der Waals surface area contributed by atoms with E-state index in [1.807, 2.05) is 0 Å². The highest BCUT2D eigenvalue weighted by Gasteiger charge is 2.13. The van der Waals surface area contributed by atoms with Crippen molar-refractivity contribution in [3.05, 3.63) is 0 Å². The fraction of sp³-hybridized carbons (Fsp3) is 0.941. The molecule has 4 heteroatoms. The molecular formula is C17H35NO3. The molecule has 0 aromatic rings. The van der Waals surface area contributed by atoms with Crippen molar-refractivity contribution in [2.75, 3.05) is 13.2 Å². The SMILES string of the molecule is CCCCCCCCCCCCCCN[C@@H](CO)C(=O)O. The fourth-order valence-corrected chi connectivity index (χ4v) is 2.47. The molecule has 0 rings (SSSR count). The Labute approximate surface area is 130 Å². The molecule has 0 saturated heterocycles. The molecule has 0 aromatic heterocycles. The minimum atomic E-state index is -0.976. The summed E-state index contributed by atoms with van der Waals surface area (Å²) in [6, 6.07) is -0.808. The first-order valence-corrected chi connectivity index (χ1v) is 8.79. The largest absolute Gasteiger partial charge is 0.480 e. The summed E-state index contributed by atoms with van der Waals surface area (Å²) in [5.41, 5.74) is 0. The molecule has 3 N–H and O–H groups in total. The van der Waals surface area contributed by atoms with Gasteiger partial charge in [0.05, 0.1) is 6.61 Å². The van der Waals surface area contributed by atoms with Crippen LogP contribution in [-0.4, -0.2) is 35.4 Å². The van der Waals surface area contributed by atoms with E-state index < -0.39 is 12.0 Å². The molecular weight excluding hydrogens is 266 g/mol. The van der Waals surface area contributed by atoms with E-state index >= 15 is 0 Å². The minimum Gasteiger partial charge on any atom is -0.480 e. The highest BCUT2D eigenvalue weighted by atomic mass is 16.4. The lowest BCUT2D eigenvalue weighted by Gasteiger charge is -2.10. The molecule has 0 saturated carbocycles. The van der Waals surface area contributed by atoms with Gasteiger partial charge in [0.1, 0.15) is 6.04 Å². The van der Waals surface area contributed by atoms with Crippen LogP contribution < -0.4 is 5.32 Å². The number of aliphatic hydroxyl groups is 1. The fourth-order valence-electron chi connectivity index (χ4n) is 2.47. The zero-order valence-corrected chi connectivity index (χ0v) is 13.8. The monoisotopic (exact) mass is 301 g/mol.